The quantitative estimate of drug-likeness (QED) is 0.814. The van der Waals surface area contributed by atoms with E-state index >= 15 is 0 Å². The molecule has 0 spiro atoms. The highest BCUT2D eigenvalue weighted by Gasteiger charge is 2.27. The van der Waals surface area contributed by atoms with Crippen LogP contribution in [0.3, 0.4) is 0 Å². The molecule has 2 aromatic rings. The van der Waals surface area contributed by atoms with Crippen LogP contribution in [0.25, 0.3) is 0 Å². The molecule has 0 fully saturated rings. The van der Waals surface area contributed by atoms with Crippen molar-refractivity contribution in [3.63, 3.8) is 0 Å². The minimum atomic E-state index is -0.842. The van der Waals surface area contributed by atoms with Crippen molar-refractivity contribution < 1.29 is 23.8 Å². The highest BCUT2D eigenvalue weighted by molar-refractivity contribution is 5.85. The lowest BCUT2D eigenvalue weighted by molar-refractivity contribution is -0.135. The van der Waals surface area contributed by atoms with Gasteiger partial charge in [-0.1, -0.05) is 18.2 Å². The Bertz CT molecular complexity index is 821. The van der Waals surface area contributed by atoms with E-state index in [0.717, 1.165) is 11.1 Å². The molecule has 2 N–H and O–H groups in total. The molecule has 7 nitrogen and oxygen atoms in total. The summed E-state index contributed by atoms with van der Waals surface area (Å²) >= 11 is 0. The maximum absolute atomic E-state index is 12.1. The van der Waals surface area contributed by atoms with Gasteiger partial charge in [0.1, 0.15) is 12.4 Å². The number of ether oxygens (including phenoxy) is 3. The lowest BCUT2D eigenvalue weighted by Gasteiger charge is -2.25. The van der Waals surface area contributed by atoms with Crippen LogP contribution in [-0.4, -0.2) is 31.1 Å². The molecule has 0 unspecified atom stereocenters. The van der Waals surface area contributed by atoms with E-state index in [2.05, 4.69) is 10.9 Å². The van der Waals surface area contributed by atoms with Gasteiger partial charge in [-0.15, -0.1) is 0 Å². The van der Waals surface area contributed by atoms with Gasteiger partial charge in [0.2, 0.25) is 6.10 Å². The number of para-hydroxylation sites is 2. The molecule has 1 aliphatic heterocycles. The lowest BCUT2D eigenvalue weighted by Crippen LogP contribution is -2.51. The average molecular weight is 356 g/mol. The first-order valence-corrected chi connectivity index (χ1v) is 8.20. The Balaban J connectivity index is 1.44. The van der Waals surface area contributed by atoms with Gasteiger partial charge in [0.15, 0.2) is 18.1 Å². The van der Waals surface area contributed by atoms with Crippen molar-refractivity contribution >= 4 is 11.8 Å². The molecule has 0 bridgehead atoms. The van der Waals surface area contributed by atoms with Gasteiger partial charge in [-0.2, -0.15) is 0 Å². The van der Waals surface area contributed by atoms with Gasteiger partial charge in [-0.25, -0.2) is 0 Å². The predicted octanol–water partition coefficient (Wildman–Crippen LogP) is 1.67. The smallest absolute Gasteiger partial charge is 0.283 e. The molecule has 0 radical (unpaired) electrons. The van der Waals surface area contributed by atoms with Gasteiger partial charge in [0.25, 0.3) is 11.8 Å². The summed E-state index contributed by atoms with van der Waals surface area (Å²) in [6.07, 6.45) is -0.842. The third-order valence-electron chi connectivity index (χ3n) is 3.97. The van der Waals surface area contributed by atoms with Crippen LogP contribution in [0.4, 0.5) is 0 Å². The van der Waals surface area contributed by atoms with Gasteiger partial charge < -0.3 is 14.2 Å². The van der Waals surface area contributed by atoms with Gasteiger partial charge >= 0.3 is 0 Å². The Morgan fingerprint density at radius 3 is 2.62 bits per heavy atom. The van der Waals surface area contributed by atoms with Crippen molar-refractivity contribution in [1.82, 2.24) is 10.9 Å². The third kappa shape index (κ3) is 4.24. The van der Waals surface area contributed by atoms with E-state index in [1.807, 2.05) is 32.0 Å². The molecular weight excluding hydrogens is 336 g/mol. The minimum absolute atomic E-state index is 0.0673. The molecular formula is C19H20N2O5. The number of nitrogens with one attached hydrogen (secondary N) is 2. The normalized spacial score (nSPS) is 15.1. The van der Waals surface area contributed by atoms with Gasteiger partial charge in [-0.05, 0) is 49.2 Å². The molecule has 1 atom stereocenters. The molecule has 2 aromatic carbocycles. The predicted molar refractivity (Wildman–Crippen MR) is 94.0 cm³/mol. The van der Waals surface area contributed by atoms with Crippen LogP contribution in [-0.2, 0) is 9.59 Å². The Kier molecular flexibility index (Phi) is 5.26. The summed E-state index contributed by atoms with van der Waals surface area (Å²) in [5.41, 5.74) is 6.84. The molecule has 136 valence electrons. The molecule has 3 rings (SSSR count). The number of amides is 2. The number of hydrogen-bond donors (Lipinski definition) is 2. The zero-order valence-electron chi connectivity index (χ0n) is 14.6. The van der Waals surface area contributed by atoms with Crippen LogP contribution in [0.1, 0.15) is 11.1 Å². The van der Waals surface area contributed by atoms with Crippen molar-refractivity contribution in [2.24, 2.45) is 0 Å². The number of aryl methyl sites for hydroxylation is 2. The Labute approximate surface area is 151 Å². The summed E-state index contributed by atoms with van der Waals surface area (Å²) < 4.78 is 16.4. The molecule has 7 heteroatoms. The third-order valence-corrected chi connectivity index (χ3v) is 3.97. The lowest BCUT2D eigenvalue weighted by atomic mass is 10.1. The van der Waals surface area contributed by atoms with E-state index in [1.165, 1.54) is 0 Å². The van der Waals surface area contributed by atoms with Crippen LogP contribution < -0.4 is 25.1 Å². The van der Waals surface area contributed by atoms with Crippen LogP contribution in [0.15, 0.2) is 42.5 Å². The average Bonchev–Trinajstić information content (AvgIpc) is 2.66. The highest BCUT2D eigenvalue weighted by atomic mass is 16.6. The van der Waals surface area contributed by atoms with Crippen molar-refractivity contribution in [1.29, 1.82) is 0 Å². The number of carbonyl (C=O) groups excluding carboxylic acids is 2. The second-order valence-electron chi connectivity index (χ2n) is 5.94. The topological polar surface area (TPSA) is 85.9 Å². The summed E-state index contributed by atoms with van der Waals surface area (Å²) in [4.78, 5) is 23.9. The maximum atomic E-state index is 12.1. The summed E-state index contributed by atoms with van der Waals surface area (Å²) in [6.45, 7) is 3.81. The van der Waals surface area contributed by atoms with E-state index in [-0.39, 0.29) is 13.2 Å². The van der Waals surface area contributed by atoms with Gasteiger partial charge in [0, 0.05) is 0 Å². The fourth-order valence-electron chi connectivity index (χ4n) is 2.35. The van der Waals surface area contributed by atoms with Gasteiger partial charge in [0.05, 0.1) is 0 Å². The number of hydrazine groups is 1. The van der Waals surface area contributed by atoms with E-state index in [4.69, 9.17) is 14.2 Å². The number of rotatable bonds is 4. The molecule has 1 aliphatic rings. The van der Waals surface area contributed by atoms with Crippen LogP contribution >= 0.6 is 0 Å². The molecule has 0 saturated carbocycles. The second-order valence-corrected chi connectivity index (χ2v) is 5.94. The van der Waals surface area contributed by atoms with Crippen molar-refractivity contribution in [3.8, 4) is 17.2 Å². The van der Waals surface area contributed by atoms with Crippen molar-refractivity contribution in [2.75, 3.05) is 13.2 Å². The van der Waals surface area contributed by atoms with Crippen molar-refractivity contribution in [3.05, 3.63) is 53.6 Å². The van der Waals surface area contributed by atoms with Crippen LogP contribution in [0.2, 0.25) is 0 Å². The number of fused-ring (bicyclic) bond motifs is 1. The molecule has 26 heavy (non-hydrogen) atoms. The fraction of sp³-hybridized carbons (Fsp3) is 0.263. The fourth-order valence-corrected chi connectivity index (χ4v) is 2.35. The SMILES string of the molecule is Cc1ccc(OCC(=O)NNC(=O)[C@H]2COc3ccccc3O2)cc1C. The summed E-state index contributed by atoms with van der Waals surface area (Å²) in [5, 5.41) is 0. The number of benzene rings is 2. The zero-order chi connectivity index (χ0) is 18.5. The van der Waals surface area contributed by atoms with Gasteiger partial charge in [-0.3, -0.25) is 20.4 Å². The minimum Gasteiger partial charge on any atom is -0.485 e. The summed E-state index contributed by atoms with van der Waals surface area (Å²) in [5.74, 6) is 0.689. The maximum Gasteiger partial charge on any atom is 0.283 e. The molecule has 1 heterocycles. The van der Waals surface area contributed by atoms with Crippen LogP contribution in [0.5, 0.6) is 17.2 Å². The Morgan fingerprint density at radius 2 is 1.85 bits per heavy atom. The second kappa shape index (κ2) is 7.77. The molecule has 2 amide bonds. The van der Waals surface area contributed by atoms with E-state index in [0.29, 0.717) is 17.2 Å². The van der Waals surface area contributed by atoms with E-state index in [1.54, 1.807) is 24.3 Å². The highest BCUT2D eigenvalue weighted by Crippen LogP contribution is 2.30. The Morgan fingerprint density at radius 1 is 1.08 bits per heavy atom. The van der Waals surface area contributed by atoms with E-state index in [9.17, 15) is 9.59 Å². The van der Waals surface area contributed by atoms with Crippen molar-refractivity contribution in [2.45, 2.75) is 20.0 Å². The monoisotopic (exact) mass is 356 g/mol. The number of hydrogen-bond acceptors (Lipinski definition) is 5. The van der Waals surface area contributed by atoms with E-state index < -0.39 is 17.9 Å². The number of carbonyl (C=O) groups is 2. The summed E-state index contributed by atoms with van der Waals surface area (Å²) in [7, 11) is 0. The molecule has 0 saturated heterocycles. The first-order chi connectivity index (χ1) is 12.5. The Hall–Kier alpha value is -3.22. The first-order valence-electron chi connectivity index (χ1n) is 8.20. The first kappa shape index (κ1) is 17.6. The summed E-state index contributed by atoms with van der Waals surface area (Å²) in [6, 6.07) is 12.6. The van der Waals surface area contributed by atoms with Crippen LogP contribution in [0, 0.1) is 13.8 Å². The molecule has 0 aromatic heterocycles. The largest absolute Gasteiger partial charge is 0.485 e. The zero-order valence-corrected chi connectivity index (χ0v) is 14.6. The molecule has 0 aliphatic carbocycles. The standard InChI is InChI=1S/C19H20N2O5/c1-12-7-8-14(9-13(12)2)24-11-18(22)20-21-19(23)17-10-25-15-5-3-4-6-16(15)26-17/h3-9,17H,10-11H2,1-2H3,(H,20,22)(H,21,23)/t17-/m1/s1.